The normalized spacial score (nSPS) is 21.4. The molecule has 10 heavy (non-hydrogen) atoms. The Kier molecular flexibility index (Phi) is 2.85. The molecule has 0 bridgehead atoms. The van der Waals surface area contributed by atoms with Crippen LogP contribution in [0.25, 0.3) is 0 Å². The summed E-state index contributed by atoms with van der Waals surface area (Å²) in [5.74, 6) is 0. The van der Waals surface area contributed by atoms with Crippen molar-refractivity contribution in [2.75, 3.05) is 6.61 Å². The number of benzene rings is 1. The zero-order valence-electron chi connectivity index (χ0n) is 5.79. The van der Waals surface area contributed by atoms with E-state index in [1.807, 2.05) is 18.2 Å². The predicted molar refractivity (Wildman–Crippen MR) is 43.7 cm³/mol. The maximum Gasteiger partial charge on any atom is 0.106 e. The fourth-order valence-corrected chi connectivity index (χ4v) is 0.908. The van der Waals surface area contributed by atoms with Gasteiger partial charge in [0.2, 0.25) is 0 Å². The van der Waals surface area contributed by atoms with Gasteiger partial charge in [-0.25, -0.2) is 0 Å². The molecule has 0 saturated carbocycles. The molecular formula is C8H10OPb. The van der Waals surface area contributed by atoms with Crippen LogP contribution in [-0.4, -0.2) is 33.9 Å². The molecule has 1 aromatic carbocycles. The number of epoxide rings is 1. The Labute approximate surface area is 80.6 Å². The number of hydrogen-bond donors (Lipinski definition) is 0. The van der Waals surface area contributed by atoms with Crippen LogP contribution in [0.3, 0.4) is 0 Å². The van der Waals surface area contributed by atoms with E-state index in [0.717, 1.165) is 6.61 Å². The van der Waals surface area contributed by atoms with E-state index in [1.165, 1.54) is 5.56 Å². The van der Waals surface area contributed by atoms with Gasteiger partial charge in [0.15, 0.2) is 0 Å². The van der Waals surface area contributed by atoms with Crippen LogP contribution in [0, 0.1) is 0 Å². The molecule has 1 nitrogen and oxygen atoms in total. The smallest absolute Gasteiger partial charge is 0.106 e. The Morgan fingerprint density at radius 2 is 1.80 bits per heavy atom. The van der Waals surface area contributed by atoms with E-state index in [2.05, 4.69) is 12.1 Å². The van der Waals surface area contributed by atoms with Crippen molar-refractivity contribution in [1.29, 1.82) is 0 Å². The Balaban J connectivity index is 0.000000500. The van der Waals surface area contributed by atoms with Crippen molar-refractivity contribution in [2.45, 2.75) is 6.10 Å². The molecule has 2 radical (unpaired) electrons. The molecule has 2 rings (SSSR count). The number of hydrogen-bond acceptors (Lipinski definition) is 1. The molecule has 1 aliphatic rings. The van der Waals surface area contributed by atoms with E-state index in [1.54, 1.807) is 0 Å². The van der Waals surface area contributed by atoms with Gasteiger partial charge in [-0.05, 0) is 5.56 Å². The first-order valence-electron chi connectivity index (χ1n) is 3.13. The number of ether oxygens (including phenoxy) is 1. The first-order chi connectivity index (χ1) is 4.47. The second kappa shape index (κ2) is 3.48. The predicted octanol–water partition coefficient (Wildman–Crippen LogP) is 0.842. The first kappa shape index (κ1) is 8.20. The fraction of sp³-hybridized carbons (Fsp3) is 0.250. The van der Waals surface area contributed by atoms with E-state index in [4.69, 9.17) is 4.74 Å². The summed E-state index contributed by atoms with van der Waals surface area (Å²) < 4.78 is 5.09. The van der Waals surface area contributed by atoms with Crippen LogP contribution in [0.4, 0.5) is 0 Å². The molecule has 2 heteroatoms. The summed E-state index contributed by atoms with van der Waals surface area (Å²) in [4.78, 5) is 0. The molecule has 0 spiro atoms. The second-order valence-corrected chi connectivity index (χ2v) is 2.23. The fourth-order valence-electron chi connectivity index (χ4n) is 0.908. The van der Waals surface area contributed by atoms with Gasteiger partial charge in [0.25, 0.3) is 0 Å². The van der Waals surface area contributed by atoms with Gasteiger partial charge >= 0.3 is 27.3 Å². The molecule has 1 aromatic rings. The third kappa shape index (κ3) is 1.79. The molecule has 1 unspecified atom stereocenters. The van der Waals surface area contributed by atoms with Crippen LogP contribution in [0.5, 0.6) is 0 Å². The summed E-state index contributed by atoms with van der Waals surface area (Å²) in [6.45, 7) is 0.907. The van der Waals surface area contributed by atoms with Gasteiger partial charge in [0.1, 0.15) is 6.10 Å². The van der Waals surface area contributed by atoms with E-state index in [0.29, 0.717) is 6.10 Å². The summed E-state index contributed by atoms with van der Waals surface area (Å²) >= 11 is 0. The van der Waals surface area contributed by atoms with E-state index in [-0.39, 0.29) is 27.3 Å². The van der Waals surface area contributed by atoms with E-state index >= 15 is 0 Å². The van der Waals surface area contributed by atoms with Crippen LogP contribution in [-0.2, 0) is 4.74 Å². The molecule has 52 valence electrons. The Bertz CT molecular complexity index is 194. The Morgan fingerprint density at radius 1 is 1.20 bits per heavy atom. The van der Waals surface area contributed by atoms with Crippen molar-refractivity contribution in [2.24, 2.45) is 0 Å². The van der Waals surface area contributed by atoms with Crippen LogP contribution in [0.15, 0.2) is 30.3 Å². The van der Waals surface area contributed by atoms with Gasteiger partial charge in [-0.1, -0.05) is 30.3 Å². The minimum absolute atomic E-state index is 0. The van der Waals surface area contributed by atoms with Gasteiger partial charge in [0, 0.05) is 0 Å². The van der Waals surface area contributed by atoms with Crippen molar-refractivity contribution >= 4 is 27.3 Å². The Hall–Kier alpha value is 0.102. The SMILES string of the molecule is [PbH2].c1ccc(C2CO2)cc1. The monoisotopic (exact) mass is 330 g/mol. The van der Waals surface area contributed by atoms with Crippen LogP contribution in [0.1, 0.15) is 11.7 Å². The van der Waals surface area contributed by atoms with Gasteiger partial charge in [-0.3, -0.25) is 0 Å². The maximum absolute atomic E-state index is 5.09. The molecule has 0 amide bonds. The molecule has 1 aliphatic heterocycles. The van der Waals surface area contributed by atoms with Gasteiger partial charge < -0.3 is 4.74 Å². The molecule has 1 atom stereocenters. The first-order valence-corrected chi connectivity index (χ1v) is 3.13. The number of rotatable bonds is 1. The summed E-state index contributed by atoms with van der Waals surface area (Å²) in [6, 6.07) is 10.3. The molecule has 1 heterocycles. The van der Waals surface area contributed by atoms with Crippen molar-refractivity contribution < 1.29 is 4.74 Å². The quantitative estimate of drug-likeness (QED) is 0.550. The topological polar surface area (TPSA) is 12.5 Å². The van der Waals surface area contributed by atoms with Crippen molar-refractivity contribution in [3.05, 3.63) is 35.9 Å². The summed E-state index contributed by atoms with van der Waals surface area (Å²) in [5, 5.41) is 0. The molecular weight excluding hydrogens is 319 g/mol. The summed E-state index contributed by atoms with van der Waals surface area (Å²) in [7, 11) is 0. The van der Waals surface area contributed by atoms with Crippen LogP contribution in [0.2, 0.25) is 0 Å². The maximum atomic E-state index is 5.09. The van der Waals surface area contributed by atoms with Crippen LogP contribution < -0.4 is 0 Å². The van der Waals surface area contributed by atoms with E-state index in [9.17, 15) is 0 Å². The van der Waals surface area contributed by atoms with Crippen molar-refractivity contribution in [1.82, 2.24) is 0 Å². The van der Waals surface area contributed by atoms with Gasteiger partial charge in [0.05, 0.1) is 6.61 Å². The zero-order chi connectivity index (χ0) is 6.10. The summed E-state index contributed by atoms with van der Waals surface area (Å²) in [6.07, 6.45) is 0.409. The average molecular weight is 329 g/mol. The second-order valence-electron chi connectivity index (χ2n) is 2.23. The molecule has 0 aliphatic carbocycles. The van der Waals surface area contributed by atoms with E-state index < -0.39 is 0 Å². The minimum Gasteiger partial charge on any atom is -0.368 e. The third-order valence-corrected chi connectivity index (χ3v) is 1.50. The zero-order valence-corrected chi connectivity index (χ0v) is 11.3. The molecule has 1 saturated heterocycles. The molecule has 0 aromatic heterocycles. The standard InChI is InChI=1S/C8H8O.Pb.2H/c1-2-4-7(5-3-1)8-6-9-8;;;/h1-5,8H,6H2;;;. The largest absolute Gasteiger partial charge is 0.368 e. The minimum atomic E-state index is 0. The average Bonchev–Trinajstić information content (AvgIpc) is 2.71. The van der Waals surface area contributed by atoms with Crippen molar-refractivity contribution in [3.63, 3.8) is 0 Å². The summed E-state index contributed by atoms with van der Waals surface area (Å²) in [5.41, 5.74) is 1.30. The molecule has 0 N–H and O–H groups in total. The Morgan fingerprint density at radius 3 is 2.30 bits per heavy atom. The van der Waals surface area contributed by atoms with Gasteiger partial charge in [-0.15, -0.1) is 0 Å². The third-order valence-electron chi connectivity index (χ3n) is 1.50. The van der Waals surface area contributed by atoms with Crippen molar-refractivity contribution in [3.8, 4) is 0 Å². The van der Waals surface area contributed by atoms with Crippen LogP contribution >= 0.6 is 0 Å². The van der Waals surface area contributed by atoms with Gasteiger partial charge in [-0.2, -0.15) is 0 Å². The molecule has 1 fully saturated rings.